The predicted molar refractivity (Wildman–Crippen MR) is 154 cm³/mol. The number of aryl methyl sites for hydroxylation is 1. The number of fused-ring (bicyclic) bond motifs is 1. The molecule has 8 nitrogen and oxygen atoms in total. The molecule has 2 aromatic heterocycles. The van der Waals surface area contributed by atoms with Crippen molar-refractivity contribution in [1.82, 2.24) is 14.6 Å². The number of nitrogens with zero attached hydrogens (tertiary/aromatic N) is 4. The average molecular weight is 589 g/mol. The summed E-state index contributed by atoms with van der Waals surface area (Å²) in [5.74, 6) is -1.20. The topological polar surface area (TPSA) is 95.7 Å². The van der Waals surface area contributed by atoms with Gasteiger partial charge in [-0.3, -0.25) is 29.1 Å². The van der Waals surface area contributed by atoms with Crippen molar-refractivity contribution in [2.24, 2.45) is 23.2 Å². The Labute approximate surface area is 247 Å². The lowest BCUT2D eigenvalue weighted by Gasteiger charge is -2.58. The second-order valence-electron chi connectivity index (χ2n) is 13.1. The number of amides is 1. The highest BCUT2D eigenvalue weighted by molar-refractivity contribution is 6.00. The van der Waals surface area contributed by atoms with E-state index in [0.29, 0.717) is 24.3 Å². The van der Waals surface area contributed by atoms with Gasteiger partial charge in [-0.1, -0.05) is 12.1 Å². The van der Waals surface area contributed by atoms with E-state index in [0.717, 1.165) is 37.1 Å². The SMILES string of the molecule is O=C(CCc1ccc(F)cc1F)c1cn2c(c(O)c1=O)C(=O)N(CC13CC4CC(CC(C4)C1)C3)CN2Cc1ccccn1. The second-order valence-corrected chi connectivity index (χ2v) is 13.1. The van der Waals surface area contributed by atoms with Crippen molar-refractivity contribution in [2.45, 2.75) is 57.9 Å². The van der Waals surface area contributed by atoms with Gasteiger partial charge in [0.1, 0.15) is 18.3 Å². The summed E-state index contributed by atoms with van der Waals surface area (Å²) < 4.78 is 28.9. The van der Waals surface area contributed by atoms with Crippen LogP contribution >= 0.6 is 0 Å². The third-order valence-corrected chi connectivity index (χ3v) is 9.99. The zero-order valence-electron chi connectivity index (χ0n) is 23.8. The molecule has 4 saturated carbocycles. The molecule has 3 aromatic rings. The first-order valence-electron chi connectivity index (χ1n) is 15.1. The van der Waals surface area contributed by atoms with E-state index < -0.39 is 34.5 Å². The van der Waals surface area contributed by atoms with Gasteiger partial charge in [0, 0.05) is 31.4 Å². The van der Waals surface area contributed by atoms with Crippen LogP contribution in [0.5, 0.6) is 5.75 Å². The van der Waals surface area contributed by atoms with Crippen molar-refractivity contribution < 1.29 is 23.5 Å². The number of halogens is 2. The monoisotopic (exact) mass is 588 g/mol. The van der Waals surface area contributed by atoms with Gasteiger partial charge in [-0.25, -0.2) is 8.78 Å². The molecule has 3 heterocycles. The van der Waals surface area contributed by atoms with E-state index in [9.17, 15) is 28.3 Å². The van der Waals surface area contributed by atoms with E-state index in [2.05, 4.69) is 4.98 Å². The lowest BCUT2D eigenvalue weighted by molar-refractivity contribution is -0.0667. The summed E-state index contributed by atoms with van der Waals surface area (Å²) in [5, 5.41) is 13.0. The Balaban J connectivity index is 1.21. The molecule has 0 spiro atoms. The molecule has 224 valence electrons. The number of aromatic hydroxyl groups is 1. The first-order chi connectivity index (χ1) is 20.7. The van der Waals surface area contributed by atoms with Gasteiger partial charge in [0.2, 0.25) is 5.43 Å². The summed E-state index contributed by atoms with van der Waals surface area (Å²) in [6.45, 7) is 1.04. The molecule has 5 aliphatic rings. The lowest BCUT2D eigenvalue weighted by Crippen LogP contribution is -2.58. The van der Waals surface area contributed by atoms with Gasteiger partial charge in [0.15, 0.2) is 17.2 Å². The van der Waals surface area contributed by atoms with Crippen molar-refractivity contribution in [3.05, 3.63) is 93.2 Å². The summed E-state index contributed by atoms with van der Waals surface area (Å²) in [6.07, 6.45) is 9.84. The fourth-order valence-corrected chi connectivity index (χ4v) is 8.61. The molecule has 8 rings (SSSR count). The molecule has 1 aliphatic heterocycles. The van der Waals surface area contributed by atoms with Gasteiger partial charge in [-0.05, 0) is 91.9 Å². The van der Waals surface area contributed by atoms with Gasteiger partial charge in [0.25, 0.3) is 5.91 Å². The van der Waals surface area contributed by atoms with Crippen molar-refractivity contribution in [3.8, 4) is 5.75 Å². The Morgan fingerprint density at radius 3 is 2.40 bits per heavy atom. The first kappa shape index (κ1) is 27.7. The summed E-state index contributed by atoms with van der Waals surface area (Å²) >= 11 is 0. The third-order valence-electron chi connectivity index (χ3n) is 9.99. The molecule has 4 aliphatic carbocycles. The Hall–Kier alpha value is -4.08. The highest BCUT2D eigenvalue weighted by Gasteiger charge is 2.52. The molecule has 1 amide bonds. The third kappa shape index (κ3) is 5.10. The van der Waals surface area contributed by atoms with Crippen LogP contribution in [0.2, 0.25) is 0 Å². The van der Waals surface area contributed by atoms with Crippen LogP contribution in [-0.4, -0.2) is 44.6 Å². The Morgan fingerprint density at radius 1 is 1.02 bits per heavy atom. The number of carbonyl (C=O) groups is 2. The normalized spacial score (nSPS) is 25.7. The molecule has 4 fully saturated rings. The van der Waals surface area contributed by atoms with Crippen LogP contribution in [0.1, 0.15) is 77.0 Å². The Kier molecular flexibility index (Phi) is 6.82. The maximum Gasteiger partial charge on any atom is 0.277 e. The number of hydrogen-bond donors (Lipinski definition) is 1. The largest absolute Gasteiger partial charge is 0.502 e. The molecular weight excluding hydrogens is 554 g/mol. The van der Waals surface area contributed by atoms with E-state index in [1.165, 1.54) is 36.2 Å². The number of hydrogen-bond acceptors (Lipinski definition) is 6. The van der Waals surface area contributed by atoms with Crippen LogP contribution in [0.25, 0.3) is 0 Å². The van der Waals surface area contributed by atoms with Crippen LogP contribution in [0.15, 0.2) is 53.6 Å². The smallest absolute Gasteiger partial charge is 0.277 e. The lowest BCUT2D eigenvalue weighted by atomic mass is 9.49. The average Bonchev–Trinajstić information content (AvgIpc) is 2.96. The highest BCUT2D eigenvalue weighted by Crippen LogP contribution is 2.60. The number of rotatable bonds is 8. The minimum absolute atomic E-state index is 0.0463. The van der Waals surface area contributed by atoms with E-state index in [1.807, 2.05) is 17.1 Å². The summed E-state index contributed by atoms with van der Waals surface area (Å²) in [5.41, 5.74) is -0.487. The van der Waals surface area contributed by atoms with Gasteiger partial charge >= 0.3 is 0 Å². The van der Waals surface area contributed by atoms with Gasteiger partial charge in [0.05, 0.1) is 17.8 Å². The van der Waals surface area contributed by atoms with Crippen molar-refractivity contribution >= 4 is 11.7 Å². The Bertz CT molecular complexity index is 1620. The molecule has 0 radical (unpaired) electrons. The quantitative estimate of drug-likeness (QED) is 0.380. The number of aromatic nitrogens is 2. The predicted octanol–water partition coefficient (Wildman–Crippen LogP) is 4.81. The molecule has 43 heavy (non-hydrogen) atoms. The van der Waals surface area contributed by atoms with Crippen LogP contribution in [-0.2, 0) is 13.0 Å². The van der Waals surface area contributed by atoms with Gasteiger partial charge in [-0.15, -0.1) is 0 Å². The standard InChI is InChI=1S/C33H34F2N4O4/c34-24-6-4-23(27(35)12-24)5-7-28(40)26-17-39-29(31(42)30(26)41)32(43)37(19-38(39)16-25-3-1-2-8-36-25)18-33-13-20-9-21(14-33)11-22(10-20)15-33/h1-4,6,8,12,17,20-22,42H,5,7,9-11,13-16,18-19H2. The van der Waals surface area contributed by atoms with Crippen molar-refractivity contribution in [2.75, 3.05) is 18.2 Å². The van der Waals surface area contributed by atoms with Gasteiger partial charge in [-0.2, -0.15) is 0 Å². The van der Waals surface area contributed by atoms with E-state index >= 15 is 0 Å². The van der Waals surface area contributed by atoms with Crippen LogP contribution in [0, 0.1) is 34.8 Å². The fourth-order valence-electron chi connectivity index (χ4n) is 8.61. The van der Waals surface area contributed by atoms with Crippen LogP contribution in [0.3, 0.4) is 0 Å². The van der Waals surface area contributed by atoms with E-state index in [-0.39, 0.29) is 48.3 Å². The second kappa shape index (κ2) is 10.6. The maximum atomic E-state index is 14.2. The zero-order valence-corrected chi connectivity index (χ0v) is 23.8. The Morgan fingerprint density at radius 2 is 1.74 bits per heavy atom. The molecule has 1 N–H and O–H groups in total. The molecule has 4 bridgehead atoms. The van der Waals surface area contributed by atoms with Crippen LogP contribution < -0.4 is 10.4 Å². The molecule has 10 heteroatoms. The maximum absolute atomic E-state index is 14.2. The summed E-state index contributed by atoms with van der Waals surface area (Å²) in [7, 11) is 0. The molecule has 0 atom stereocenters. The van der Waals surface area contributed by atoms with Gasteiger partial charge < -0.3 is 10.0 Å². The number of pyridine rings is 2. The number of ketones is 1. The minimum atomic E-state index is -0.932. The molecule has 0 saturated heterocycles. The fraction of sp³-hybridized carbons (Fsp3) is 0.455. The number of carbonyl (C=O) groups excluding carboxylic acids is 2. The number of Topliss-reactive ketones (excluding diaryl/α,β-unsaturated/α-hetero) is 1. The first-order valence-corrected chi connectivity index (χ1v) is 15.1. The highest BCUT2D eigenvalue weighted by atomic mass is 19.1. The van der Waals surface area contributed by atoms with E-state index in [1.54, 1.807) is 17.2 Å². The number of benzene rings is 1. The molecular formula is C33H34F2N4O4. The van der Waals surface area contributed by atoms with Crippen LogP contribution in [0.4, 0.5) is 8.78 Å². The van der Waals surface area contributed by atoms with Crippen molar-refractivity contribution in [1.29, 1.82) is 0 Å². The van der Waals surface area contributed by atoms with E-state index in [4.69, 9.17) is 0 Å². The summed E-state index contributed by atoms with van der Waals surface area (Å²) in [6, 6.07) is 8.64. The molecule has 1 aromatic carbocycles. The minimum Gasteiger partial charge on any atom is -0.502 e. The molecule has 0 unspecified atom stereocenters. The zero-order chi connectivity index (χ0) is 29.9. The summed E-state index contributed by atoms with van der Waals surface area (Å²) in [4.78, 5) is 46.7. The van der Waals surface area contributed by atoms with Crippen molar-refractivity contribution in [3.63, 3.8) is 0 Å².